The van der Waals surface area contributed by atoms with Gasteiger partial charge in [0.2, 0.25) is 5.91 Å². The van der Waals surface area contributed by atoms with Crippen molar-refractivity contribution in [1.29, 1.82) is 0 Å². The van der Waals surface area contributed by atoms with Gasteiger partial charge in [-0.15, -0.1) is 0 Å². The summed E-state index contributed by atoms with van der Waals surface area (Å²) in [7, 11) is 1.70. The molecule has 0 spiro atoms. The summed E-state index contributed by atoms with van der Waals surface area (Å²) in [6, 6.07) is 21.4. The number of hydrogen-bond donors (Lipinski definition) is 1. The molecule has 1 fully saturated rings. The maximum atomic E-state index is 14.6. The van der Waals surface area contributed by atoms with Gasteiger partial charge in [-0.2, -0.15) is 0 Å². The van der Waals surface area contributed by atoms with Crippen LogP contribution in [0, 0.1) is 12.8 Å². The van der Waals surface area contributed by atoms with E-state index in [2.05, 4.69) is 22.4 Å². The van der Waals surface area contributed by atoms with Gasteiger partial charge in [-0.3, -0.25) is 9.78 Å². The van der Waals surface area contributed by atoms with Crippen molar-refractivity contribution in [1.82, 2.24) is 15.2 Å². The number of carbonyl (C=O) groups excluding carboxylic acids is 2. The summed E-state index contributed by atoms with van der Waals surface area (Å²) in [5.41, 5.74) is 4.27. The number of alkyl carbamates (subject to hydrolysis) is 1. The summed E-state index contributed by atoms with van der Waals surface area (Å²) in [4.78, 5) is 33.5. The van der Waals surface area contributed by atoms with E-state index in [0.717, 1.165) is 59.3 Å². The van der Waals surface area contributed by atoms with Crippen molar-refractivity contribution < 1.29 is 33.3 Å². The second kappa shape index (κ2) is 20.6. The van der Waals surface area contributed by atoms with Crippen LogP contribution < -0.4 is 19.5 Å². The van der Waals surface area contributed by atoms with Gasteiger partial charge in [0.1, 0.15) is 36.9 Å². The standard InChI is InChI=1S/C44H53Cl2N3O7/c1-30-20-39(45)41(40(46)21-30)54-19-18-53-37-14-10-31(11-15-37)23-35(27-48-43(51)56-44(2,3)4)42(50)49(36-12-13-36)28-34-22-32(9-7-17-52-5)24-38(25-34)55-29-33-8-6-16-47-26-33/h6,8,10-11,14-16,20-22,24-26,35-36H,7,9,12-13,17-19,23,27-29H2,1-5H3,(H,48,51). The summed E-state index contributed by atoms with van der Waals surface area (Å²) < 4.78 is 28.8. The molecule has 2 amide bonds. The molecule has 10 nitrogen and oxygen atoms in total. The van der Waals surface area contributed by atoms with E-state index < -0.39 is 17.6 Å². The van der Waals surface area contributed by atoms with Crippen molar-refractivity contribution in [3.8, 4) is 17.2 Å². The average molecular weight is 807 g/mol. The molecular formula is C44H53Cl2N3O7. The number of halogens is 2. The van der Waals surface area contributed by atoms with Gasteiger partial charge in [0.15, 0.2) is 5.75 Å². The first-order chi connectivity index (χ1) is 26.9. The number of hydrogen-bond acceptors (Lipinski definition) is 8. The third-order valence-electron chi connectivity index (χ3n) is 8.98. The Morgan fingerprint density at radius 2 is 1.59 bits per heavy atom. The molecule has 1 aromatic heterocycles. The largest absolute Gasteiger partial charge is 0.490 e. The first-order valence-electron chi connectivity index (χ1n) is 19.1. The second-order valence-corrected chi connectivity index (χ2v) is 15.9. The van der Waals surface area contributed by atoms with Gasteiger partial charge in [0.05, 0.1) is 16.0 Å². The number of benzene rings is 3. The summed E-state index contributed by atoms with van der Waals surface area (Å²) in [5, 5.41) is 3.77. The second-order valence-electron chi connectivity index (χ2n) is 15.1. The van der Waals surface area contributed by atoms with E-state index in [9.17, 15) is 9.59 Å². The Kier molecular flexibility index (Phi) is 15.7. The highest BCUT2D eigenvalue weighted by Crippen LogP contribution is 2.34. The van der Waals surface area contributed by atoms with Gasteiger partial charge in [-0.25, -0.2) is 4.79 Å². The van der Waals surface area contributed by atoms with Crippen LogP contribution in [0.5, 0.6) is 17.2 Å². The average Bonchev–Trinajstić information content (AvgIpc) is 4.00. The van der Waals surface area contributed by atoms with Crippen molar-refractivity contribution in [3.63, 3.8) is 0 Å². The molecule has 4 aromatic rings. The van der Waals surface area contributed by atoms with Crippen LogP contribution in [0.2, 0.25) is 10.0 Å². The van der Waals surface area contributed by atoms with Crippen LogP contribution >= 0.6 is 23.2 Å². The molecule has 0 saturated heterocycles. The third kappa shape index (κ3) is 13.9. The van der Waals surface area contributed by atoms with E-state index in [1.807, 2.05) is 75.1 Å². The number of ether oxygens (including phenoxy) is 5. The number of pyridine rings is 1. The van der Waals surface area contributed by atoms with Crippen molar-refractivity contribution in [3.05, 3.63) is 117 Å². The molecule has 0 aliphatic heterocycles. The molecule has 0 bridgehead atoms. The lowest BCUT2D eigenvalue weighted by molar-refractivity contribution is -0.136. The fourth-order valence-electron chi connectivity index (χ4n) is 6.22. The van der Waals surface area contributed by atoms with Gasteiger partial charge in [0.25, 0.3) is 0 Å². The number of methoxy groups -OCH3 is 1. The smallest absolute Gasteiger partial charge is 0.407 e. The Labute approximate surface area is 340 Å². The molecule has 56 heavy (non-hydrogen) atoms. The summed E-state index contributed by atoms with van der Waals surface area (Å²) in [5.74, 6) is 1.25. The van der Waals surface area contributed by atoms with Gasteiger partial charge in [0, 0.05) is 50.8 Å². The van der Waals surface area contributed by atoms with Gasteiger partial charge in [-0.1, -0.05) is 47.5 Å². The minimum absolute atomic E-state index is 0.0305. The zero-order valence-corrected chi connectivity index (χ0v) is 34.5. The van der Waals surface area contributed by atoms with Crippen molar-refractivity contribution in [2.24, 2.45) is 5.92 Å². The maximum Gasteiger partial charge on any atom is 0.407 e. The van der Waals surface area contributed by atoms with Crippen LogP contribution in [0.4, 0.5) is 4.79 Å². The third-order valence-corrected chi connectivity index (χ3v) is 9.54. The van der Waals surface area contributed by atoms with E-state index in [-0.39, 0.29) is 31.7 Å². The van der Waals surface area contributed by atoms with Gasteiger partial charge >= 0.3 is 6.09 Å². The number of aryl methyl sites for hydroxylation is 2. The number of carbonyl (C=O) groups is 2. The molecule has 12 heteroatoms. The lowest BCUT2D eigenvalue weighted by Gasteiger charge is -2.29. The van der Waals surface area contributed by atoms with E-state index in [4.69, 9.17) is 46.9 Å². The van der Waals surface area contributed by atoms with Crippen LogP contribution in [0.1, 0.15) is 67.9 Å². The molecular weight excluding hydrogens is 753 g/mol. The highest BCUT2D eigenvalue weighted by molar-refractivity contribution is 6.37. The molecule has 0 radical (unpaired) electrons. The molecule has 300 valence electrons. The predicted octanol–water partition coefficient (Wildman–Crippen LogP) is 9.19. The van der Waals surface area contributed by atoms with Crippen LogP contribution in [-0.2, 0) is 40.3 Å². The minimum Gasteiger partial charge on any atom is -0.490 e. The lowest BCUT2D eigenvalue weighted by atomic mass is 9.97. The van der Waals surface area contributed by atoms with E-state index >= 15 is 0 Å². The molecule has 1 unspecified atom stereocenters. The van der Waals surface area contributed by atoms with Crippen LogP contribution in [0.3, 0.4) is 0 Å². The molecule has 1 aliphatic carbocycles. The topological polar surface area (TPSA) is 108 Å². The first-order valence-corrected chi connectivity index (χ1v) is 19.8. The van der Waals surface area contributed by atoms with Crippen LogP contribution in [-0.4, -0.2) is 67.0 Å². The first kappa shape index (κ1) is 42.6. The van der Waals surface area contributed by atoms with Gasteiger partial charge < -0.3 is 33.9 Å². The van der Waals surface area contributed by atoms with Crippen molar-refractivity contribution >= 4 is 35.2 Å². The Hall–Kier alpha value is -4.51. The number of rotatable bonds is 20. The maximum absolute atomic E-state index is 14.6. The van der Waals surface area contributed by atoms with Gasteiger partial charge in [-0.05, 0) is 125 Å². The zero-order valence-electron chi connectivity index (χ0n) is 32.9. The monoisotopic (exact) mass is 805 g/mol. The van der Waals surface area contributed by atoms with E-state index in [1.54, 1.807) is 31.6 Å². The summed E-state index contributed by atoms with van der Waals surface area (Å²) >= 11 is 12.6. The highest BCUT2D eigenvalue weighted by Gasteiger charge is 2.36. The highest BCUT2D eigenvalue weighted by atomic mass is 35.5. The van der Waals surface area contributed by atoms with Crippen molar-refractivity contribution in [2.45, 2.75) is 84.6 Å². The number of nitrogens with zero attached hydrogens (tertiary/aromatic N) is 2. The van der Waals surface area contributed by atoms with Crippen molar-refractivity contribution in [2.75, 3.05) is 33.5 Å². The van der Waals surface area contributed by atoms with E-state index in [1.165, 1.54) is 0 Å². The summed E-state index contributed by atoms with van der Waals surface area (Å²) in [6.07, 6.45) is 6.89. The SMILES string of the molecule is COCCCc1cc(CN(C(=O)C(CNC(=O)OC(C)(C)C)Cc2ccc(OCCOc3c(Cl)cc(C)cc3Cl)cc2)C2CC2)cc(OCc2cccnc2)c1. The normalized spacial score (nSPS) is 13.1. The Morgan fingerprint density at radius 3 is 2.25 bits per heavy atom. The molecule has 1 saturated carbocycles. The lowest BCUT2D eigenvalue weighted by Crippen LogP contribution is -2.44. The number of aromatic nitrogens is 1. The van der Waals surface area contributed by atoms with E-state index in [0.29, 0.717) is 47.7 Å². The molecule has 1 atom stereocenters. The zero-order chi connectivity index (χ0) is 40.1. The quantitative estimate of drug-likeness (QED) is 0.0882. The fraction of sp³-hybridized carbons (Fsp3) is 0.432. The Bertz CT molecular complexity index is 1860. The molecule has 3 aromatic carbocycles. The fourth-order valence-corrected chi connectivity index (χ4v) is 6.93. The number of amides is 2. The molecule has 1 N–H and O–H groups in total. The van der Waals surface area contributed by atoms with Crippen LogP contribution in [0.15, 0.2) is 79.1 Å². The molecule has 1 heterocycles. The number of nitrogens with one attached hydrogen (secondary N) is 1. The predicted molar refractivity (Wildman–Crippen MR) is 219 cm³/mol. The van der Waals surface area contributed by atoms with Crippen LogP contribution in [0.25, 0.3) is 0 Å². The molecule has 1 aliphatic rings. The minimum atomic E-state index is -0.672. The Balaban J connectivity index is 1.28. The molecule has 5 rings (SSSR count). The Morgan fingerprint density at radius 1 is 0.875 bits per heavy atom. The summed E-state index contributed by atoms with van der Waals surface area (Å²) in [6.45, 7) is 9.44.